The molecule has 2 aromatic carbocycles. The number of para-hydroxylation sites is 2. The number of thiophene rings is 1. The van der Waals surface area contributed by atoms with Gasteiger partial charge in [-0.2, -0.15) is 0 Å². The summed E-state index contributed by atoms with van der Waals surface area (Å²) in [5.74, 6) is 0.933. The van der Waals surface area contributed by atoms with Gasteiger partial charge in [0, 0.05) is 23.8 Å². The third-order valence-electron chi connectivity index (χ3n) is 5.14. The third kappa shape index (κ3) is 4.17. The Hall–Kier alpha value is -3.28. The number of benzene rings is 2. The van der Waals surface area contributed by atoms with Gasteiger partial charge >= 0.3 is 0 Å². The van der Waals surface area contributed by atoms with Crippen molar-refractivity contribution in [3.63, 3.8) is 0 Å². The van der Waals surface area contributed by atoms with Gasteiger partial charge in [0.05, 0.1) is 15.9 Å². The standard InChI is InChI=1S/C25H22N4S/c1-2-4-22-21(3-1)28-25(29-22)24-10-9-23(30-24)20-7-5-19(6-8-20)17-27-16-13-18-11-14-26-15-12-18/h1-12,14-15,27H,13,16-17H2,(H,28,29). The molecule has 0 amide bonds. The van der Waals surface area contributed by atoms with Crippen molar-refractivity contribution in [2.24, 2.45) is 0 Å². The normalized spacial score (nSPS) is 11.2. The summed E-state index contributed by atoms with van der Waals surface area (Å²) in [4.78, 5) is 14.6. The third-order valence-corrected chi connectivity index (χ3v) is 6.28. The van der Waals surface area contributed by atoms with E-state index in [2.05, 4.69) is 69.9 Å². The van der Waals surface area contributed by atoms with Crippen molar-refractivity contribution in [3.8, 4) is 21.1 Å². The number of H-pyrrole nitrogens is 1. The van der Waals surface area contributed by atoms with Gasteiger partial charge in [0.2, 0.25) is 0 Å². The highest BCUT2D eigenvalue weighted by atomic mass is 32.1. The van der Waals surface area contributed by atoms with E-state index in [0.29, 0.717) is 0 Å². The zero-order valence-corrected chi connectivity index (χ0v) is 17.3. The average Bonchev–Trinajstić information content (AvgIpc) is 3.45. The molecule has 2 N–H and O–H groups in total. The fourth-order valence-corrected chi connectivity index (χ4v) is 4.45. The first kappa shape index (κ1) is 18.7. The van der Waals surface area contributed by atoms with E-state index in [4.69, 9.17) is 4.98 Å². The minimum atomic E-state index is 0.875. The molecule has 5 rings (SSSR count). The number of aromatic nitrogens is 3. The largest absolute Gasteiger partial charge is 0.337 e. The molecule has 5 heteroatoms. The topological polar surface area (TPSA) is 53.6 Å². The number of aromatic amines is 1. The average molecular weight is 411 g/mol. The second-order valence-corrected chi connectivity index (χ2v) is 8.33. The summed E-state index contributed by atoms with van der Waals surface area (Å²) in [6.45, 7) is 1.83. The molecule has 0 spiro atoms. The molecular weight excluding hydrogens is 388 g/mol. The summed E-state index contributed by atoms with van der Waals surface area (Å²) in [6, 6.07) is 25.4. The molecular formula is C25H22N4S. The van der Waals surface area contributed by atoms with Gasteiger partial charge in [-0.05, 0) is 66.1 Å². The molecule has 0 radical (unpaired) electrons. The van der Waals surface area contributed by atoms with Crippen LogP contribution in [0, 0.1) is 0 Å². The van der Waals surface area contributed by atoms with Gasteiger partial charge in [0.1, 0.15) is 5.82 Å². The van der Waals surface area contributed by atoms with Gasteiger partial charge in [-0.25, -0.2) is 4.98 Å². The van der Waals surface area contributed by atoms with Crippen molar-refractivity contribution in [1.29, 1.82) is 0 Å². The Morgan fingerprint density at radius 2 is 1.60 bits per heavy atom. The van der Waals surface area contributed by atoms with Crippen LogP contribution in [-0.2, 0) is 13.0 Å². The molecule has 0 aliphatic carbocycles. The van der Waals surface area contributed by atoms with Crippen molar-refractivity contribution < 1.29 is 0 Å². The predicted molar refractivity (Wildman–Crippen MR) is 124 cm³/mol. The van der Waals surface area contributed by atoms with Crippen LogP contribution in [0.15, 0.2) is 85.2 Å². The molecule has 0 bridgehead atoms. The van der Waals surface area contributed by atoms with Gasteiger partial charge in [0.15, 0.2) is 0 Å². The highest BCUT2D eigenvalue weighted by Gasteiger charge is 2.09. The summed E-state index contributed by atoms with van der Waals surface area (Å²) in [5, 5.41) is 3.52. The number of nitrogens with one attached hydrogen (secondary N) is 2. The lowest BCUT2D eigenvalue weighted by molar-refractivity contribution is 0.686. The molecule has 0 aliphatic rings. The lowest BCUT2D eigenvalue weighted by atomic mass is 10.1. The van der Waals surface area contributed by atoms with Crippen molar-refractivity contribution in [3.05, 3.63) is 96.3 Å². The summed E-state index contributed by atoms with van der Waals surface area (Å²) in [7, 11) is 0. The number of rotatable bonds is 7. The van der Waals surface area contributed by atoms with Gasteiger partial charge < -0.3 is 10.3 Å². The SMILES string of the molecule is c1ccc2[nH]c(-c3ccc(-c4ccc(CNCCc5ccncc5)cc4)s3)nc2c1. The number of hydrogen-bond acceptors (Lipinski definition) is 4. The number of hydrogen-bond donors (Lipinski definition) is 2. The first-order valence-corrected chi connectivity index (χ1v) is 10.9. The Morgan fingerprint density at radius 3 is 2.43 bits per heavy atom. The molecule has 3 aromatic heterocycles. The van der Waals surface area contributed by atoms with Crippen LogP contribution >= 0.6 is 11.3 Å². The van der Waals surface area contributed by atoms with E-state index in [9.17, 15) is 0 Å². The van der Waals surface area contributed by atoms with Crippen molar-refractivity contribution in [2.75, 3.05) is 6.54 Å². The van der Waals surface area contributed by atoms with E-state index in [-0.39, 0.29) is 0 Å². The van der Waals surface area contributed by atoms with Gasteiger partial charge in [-0.15, -0.1) is 11.3 Å². The molecule has 5 aromatic rings. The minimum Gasteiger partial charge on any atom is -0.337 e. The fourth-order valence-electron chi connectivity index (χ4n) is 3.49. The molecule has 3 heterocycles. The van der Waals surface area contributed by atoms with Crippen LogP contribution in [0.5, 0.6) is 0 Å². The summed E-state index contributed by atoms with van der Waals surface area (Å²) < 4.78 is 0. The smallest absolute Gasteiger partial charge is 0.148 e. The zero-order chi connectivity index (χ0) is 20.2. The van der Waals surface area contributed by atoms with Crippen LogP contribution in [0.25, 0.3) is 32.2 Å². The monoisotopic (exact) mass is 410 g/mol. The Balaban J connectivity index is 1.21. The van der Waals surface area contributed by atoms with E-state index in [0.717, 1.165) is 41.2 Å². The van der Waals surface area contributed by atoms with E-state index >= 15 is 0 Å². The number of pyridine rings is 1. The number of fused-ring (bicyclic) bond motifs is 1. The van der Waals surface area contributed by atoms with Crippen LogP contribution in [0.1, 0.15) is 11.1 Å². The molecule has 0 saturated heterocycles. The maximum Gasteiger partial charge on any atom is 0.148 e. The second-order valence-electron chi connectivity index (χ2n) is 7.25. The second kappa shape index (κ2) is 8.61. The summed E-state index contributed by atoms with van der Waals surface area (Å²) >= 11 is 1.76. The highest BCUT2D eigenvalue weighted by Crippen LogP contribution is 2.34. The molecule has 0 saturated carbocycles. The van der Waals surface area contributed by atoms with Crippen LogP contribution in [-0.4, -0.2) is 21.5 Å². The minimum absolute atomic E-state index is 0.875. The van der Waals surface area contributed by atoms with Crippen molar-refractivity contribution >= 4 is 22.4 Å². The van der Waals surface area contributed by atoms with E-state index in [1.807, 2.05) is 30.6 Å². The lowest BCUT2D eigenvalue weighted by Gasteiger charge is -2.06. The van der Waals surface area contributed by atoms with E-state index < -0.39 is 0 Å². The Bertz CT molecular complexity index is 1210. The van der Waals surface area contributed by atoms with Crippen LogP contribution in [0.4, 0.5) is 0 Å². The van der Waals surface area contributed by atoms with Crippen molar-refractivity contribution in [2.45, 2.75) is 13.0 Å². The quantitative estimate of drug-likeness (QED) is 0.339. The molecule has 148 valence electrons. The summed E-state index contributed by atoms with van der Waals surface area (Å²) in [6.07, 6.45) is 4.71. The first-order valence-electron chi connectivity index (χ1n) is 10.1. The fraction of sp³-hybridized carbons (Fsp3) is 0.120. The molecule has 4 nitrogen and oxygen atoms in total. The Kier molecular flexibility index (Phi) is 5.38. The van der Waals surface area contributed by atoms with Crippen LogP contribution in [0.3, 0.4) is 0 Å². The van der Waals surface area contributed by atoms with Gasteiger partial charge in [0.25, 0.3) is 0 Å². The number of imidazole rings is 1. The first-order chi connectivity index (χ1) is 14.8. The molecule has 0 fully saturated rings. The van der Waals surface area contributed by atoms with E-state index in [1.165, 1.54) is 21.6 Å². The van der Waals surface area contributed by atoms with Gasteiger partial charge in [-0.1, -0.05) is 36.4 Å². The van der Waals surface area contributed by atoms with Crippen LogP contribution < -0.4 is 5.32 Å². The lowest BCUT2D eigenvalue weighted by Crippen LogP contribution is -2.16. The predicted octanol–water partition coefficient (Wildman–Crippen LogP) is 5.69. The number of nitrogens with zero attached hydrogens (tertiary/aromatic N) is 2. The summed E-state index contributed by atoms with van der Waals surface area (Å²) in [5.41, 5.74) is 5.92. The molecule has 0 aliphatic heterocycles. The van der Waals surface area contributed by atoms with Crippen molar-refractivity contribution in [1.82, 2.24) is 20.3 Å². The molecule has 0 atom stereocenters. The van der Waals surface area contributed by atoms with Gasteiger partial charge in [-0.3, -0.25) is 4.98 Å². The highest BCUT2D eigenvalue weighted by molar-refractivity contribution is 7.18. The molecule has 30 heavy (non-hydrogen) atoms. The van der Waals surface area contributed by atoms with Crippen LogP contribution in [0.2, 0.25) is 0 Å². The molecule has 0 unspecified atom stereocenters. The maximum absolute atomic E-state index is 4.71. The maximum atomic E-state index is 4.71. The Morgan fingerprint density at radius 1 is 0.800 bits per heavy atom. The van der Waals surface area contributed by atoms with E-state index in [1.54, 1.807) is 11.3 Å². The Labute approximate surface area is 179 Å². The zero-order valence-electron chi connectivity index (χ0n) is 16.5.